The lowest BCUT2D eigenvalue weighted by atomic mass is 9.94. The first-order valence-corrected chi connectivity index (χ1v) is 19.8. The molecule has 1 aromatic heterocycles. The number of carbonyl (C=O) groups is 1. The summed E-state index contributed by atoms with van der Waals surface area (Å²) in [5.41, 5.74) is 5.30. The van der Waals surface area contributed by atoms with Crippen LogP contribution in [0.2, 0.25) is 0 Å². The number of para-hydroxylation sites is 1. The predicted octanol–water partition coefficient (Wildman–Crippen LogP) is 8.82. The number of hydrogen-bond donors (Lipinski definition) is 1. The van der Waals surface area contributed by atoms with Gasteiger partial charge in [-0.1, -0.05) is 89.5 Å². The number of fused-ring (bicyclic) bond motifs is 5. The van der Waals surface area contributed by atoms with Gasteiger partial charge in [0.25, 0.3) is 0 Å². The molecule has 11 heteroatoms. The molecule has 2 aromatic carbocycles. The molecular formula is C38H57N5O4S2. The van der Waals surface area contributed by atoms with Crippen LogP contribution in [-0.4, -0.2) is 77.2 Å². The van der Waals surface area contributed by atoms with E-state index in [1.807, 2.05) is 38.4 Å². The monoisotopic (exact) mass is 711 g/mol. The van der Waals surface area contributed by atoms with E-state index in [4.69, 9.17) is 19.3 Å². The molecule has 0 saturated heterocycles. The standard InChI is InChI=1S/C38H57N5O4S2/c1-28(2)15-14-24-48-49-38(7,8)27-47-37(5,6)20-23-46-35(44)39-21-22-42-25-29-16-10-11-17-30(29)34-33(31-18-12-13-19-32(31)42)40-41-43(34)36(3,4)26-45-9/h10-13,16-19,28H,14-15,20-27H2,1-9H3,(H,39,44). The van der Waals surface area contributed by atoms with Gasteiger partial charge in [0.05, 0.1) is 36.7 Å². The molecule has 0 aliphatic carbocycles. The highest BCUT2D eigenvalue weighted by atomic mass is 33.1. The van der Waals surface area contributed by atoms with Crippen LogP contribution in [-0.2, 0) is 26.3 Å². The molecular weight excluding hydrogens is 655 g/mol. The number of ether oxygens (including phenoxy) is 3. The number of carbonyl (C=O) groups excluding carboxylic acids is 1. The quantitative estimate of drug-likeness (QED) is 0.103. The van der Waals surface area contributed by atoms with Gasteiger partial charge in [0, 0.05) is 60.5 Å². The molecule has 1 N–H and O–H groups in total. The molecule has 2 heterocycles. The molecule has 1 aliphatic heterocycles. The molecule has 49 heavy (non-hydrogen) atoms. The number of anilines is 1. The summed E-state index contributed by atoms with van der Waals surface area (Å²) >= 11 is 0. The Kier molecular flexibility index (Phi) is 13.9. The van der Waals surface area contributed by atoms with Crippen molar-refractivity contribution >= 4 is 33.4 Å². The number of aromatic nitrogens is 3. The van der Waals surface area contributed by atoms with Crippen LogP contribution < -0.4 is 10.2 Å². The van der Waals surface area contributed by atoms with E-state index in [-0.39, 0.29) is 11.4 Å². The van der Waals surface area contributed by atoms with Crippen molar-refractivity contribution < 1.29 is 19.0 Å². The fourth-order valence-electron chi connectivity index (χ4n) is 5.82. The largest absolute Gasteiger partial charge is 0.449 e. The Hall–Kier alpha value is -2.73. The normalized spacial score (nSPS) is 13.4. The minimum atomic E-state index is -0.421. The van der Waals surface area contributed by atoms with E-state index in [1.165, 1.54) is 12.8 Å². The third-order valence-corrected chi connectivity index (χ3v) is 11.9. The molecule has 9 nitrogen and oxygen atoms in total. The van der Waals surface area contributed by atoms with Gasteiger partial charge in [-0.05, 0) is 65.5 Å². The SMILES string of the molecule is COCC(C)(C)n1nnc2c1-c1ccccc1CN(CCNC(=O)OCCC(C)(C)OCC(C)(C)SSCCCC(C)C)c1ccccc1-2. The van der Waals surface area contributed by atoms with Gasteiger partial charge in [0.2, 0.25) is 0 Å². The van der Waals surface area contributed by atoms with E-state index < -0.39 is 17.2 Å². The van der Waals surface area contributed by atoms with Crippen molar-refractivity contribution in [2.45, 2.75) is 97.1 Å². The summed E-state index contributed by atoms with van der Waals surface area (Å²) in [5, 5.41) is 12.3. The predicted molar refractivity (Wildman–Crippen MR) is 205 cm³/mol. The lowest BCUT2D eigenvalue weighted by molar-refractivity contribution is -0.0403. The van der Waals surface area contributed by atoms with Gasteiger partial charge in [0.1, 0.15) is 5.69 Å². The Morgan fingerprint density at radius 1 is 1.00 bits per heavy atom. The number of methoxy groups -OCH3 is 1. The molecule has 270 valence electrons. The minimum absolute atomic E-state index is 0.00218. The summed E-state index contributed by atoms with van der Waals surface area (Å²) < 4.78 is 19.4. The number of rotatable bonds is 18. The van der Waals surface area contributed by atoms with Crippen molar-refractivity contribution in [1.29, 1.82) is 0 Å². The topological polar surface area (TPSA) is 90.7 Å². The third-order valence-electron chi connectivity index (χ3n) is 8.57. The van der Waals surface area contributed by atoms with Gasteiger partial charge in [-0.25, -0.2) is 9.48 Å². The number of nitrogens with zero attached hydrogens (tertiary/aromatic N) is 4. The molecule has 0 radical (unpaired) electrons. The second kappa shape index (κ2) is 17.5. The van der Waals surface area contributed by atoms with Crippen LogP contribution in [0.3, 0.4) is 0 Å². The minimum Gasteiger partial charge on any atom is -0.449 e. The second-order valence-corrected chi connectivity index (χ2v) is 18.2. The summed E-state index contributed by atoms with van der Waals surface area (Å²) in [4.78, 5) is 15.0. The number of amides is 1. The average molecular weight is 712 g/mol. The van der Waals surface area contributed by atoms with E-state index >= 15 is 0 Å². The molecule has 0 unspecified atom stereocenters. The summed E-state index contributed by atoms with van der Waals surface area (Å²) in [6.45, 7) is 20.4. The van der Waals surface area contributed by atoms with Crippen LogP contribution in [0.25, 0.3) is 22.5 Å². The van der Waals surface area contributed by atoms with Gasteiger partial charge < -0.3 is 24.4 Å². The van der Waals surface area contributed by atoms with E-state index in [0.717, 1.165) is 45.4 Å². The summed E-state index contributed by atoms with van der Waals surface area (Å²) in [5.74, 6) is 1.92. The Morgan fingerprint density at radius 2 is 1.71 bits per heavy atom. The van der Waals surface area contributed by atoms with Crippen LogP contribution in [0.1, 0.15) is 80.2 Å². The molecule has 1 aliphatic rings. The zero-order valence-electron chi connectivity index (χ0n) is 31.0. The van der Waals surface area contributed by atoms with Crippen LogP contribution >= 0.6 is 21.6 Å². The van der Waals surface area contributed by atoms with Crippen LogP contribution in [0, 0.1) is 5.92 Å². The van der Waals surface area contributed by atoms with E-state index in [0.29, 0.717) is 39.3 Å². The first kappa shape index (κ1) is 39.1. The summed E-state index contributed by atoms with van der Waals surface area (Å²) in [7, 11) is 5.54. The van der Waals surface area contributed by atoms with Gasteiger partial charge in [0.15, 0.2) is 0 Å². The molecule has 0 bridgehead atoms. The highest BCUT2D eigenvalue weighted by Crippen LogP contribution is 2.42. The maximum absolute atomic E-state index is 12.8. The number of hydrogen-bond acceptors (Lipinski definition) is 9. The molecule has 0 fully saturated rings. The van der Waals surface area contributed by atoms with Gasteiger partial charge >= 0.3 is 6.09 Å². The summed E-state index contributed by atoms with van der Waals surface area (Å²) in [6, 6.07) is 16.7. The number of nitrogens with one attached hydrogen (secondary N) is 1. The third kappa shape index (κ3) is 11.1. The van der Waals surface area contributed by atoms with Crippen molar-refractivity contribution in [1.82, 2.24) is 20.3 Å². The Balaban J connectivity index is 1.33. The molecule has 0 saturated carbocycles. The van der Waals surface area contributed by atoms with E-state index in [2.05, 4.69) is 107 Å². The Bertz CT molecular complexity index is 1510. The molecule has 4 rings (SSSR count). The zero-order chi connectivity index (χ0) is 35.7. The summed E-state index contributed by atoms with van der Waals surface area (Å²) in [6.07, 6.45) is 2.71. The number of alkyl carbamates (subject to hydrolysis) is 1. The van der Waals surface area contributed by atoms with Crippen LogP contribution in [0.15, 0.2) is 48.5 Å². The van der Waals surface area contributed by atoms with Crippen molar-refractivity contribution in [3.8, 4) is 22.5 Å². The van der Waals surface area contributed by atoms with E-state index in [9.17, 15) is 4.79 Å². The maximum atomic E-state index is 12.8. The highest BCUT2D eigenvalue weighted by Gasteiger charge is 2.32. The van der Waals surface area contributed by atoms with Gasteiger partial charge in [-0.15, -0.1) is 5.10 Å². The van der Waals surface area contributed by atoms with Crippen LogP contribution in [0.5, 0.6) is 0 Å². The lowest BCUT2D eigenvalue weighted by Crippen LogP contribution is -2.37. The fourth-order valence-corrected chi connectivity index (χ4v) is 8.32. The van der Waals surface area contributed by atoms with Gasteiger partial charge in [-0.2, -0.15) is 0 Å². The second-order valence-electron chi connectivity index (χ2n) is 15.1. The smallest absolute Gasteiger partial charge is 0.407 e. The molecule has 0 spiro atoms. The lowest BCUT2D eigenvalue weighted by Gasteiger charge is -2.32. The van der Waals surface area contributed by atoms with Gasteiger partial charge in [-0.3, -0.25) is 0 Å². The van der Waals surface area contributed by atoms with E-state index in [1.54, 1.807) is 7.11 Å². The van der Waals surface area contributed by atoms with Crippen molar-refractivity contribution in [2.75, 3.05) is 50.7 Å². The zero-order valence-corrected chi connectivity index (χ0v) is 32.6. The Labute approximate surface area is 302 Å². The number of benzene rings is 2. The fraction of sp³-hybridized carbons (Fsp3) is 0.605. The molecule has 3 aromatic rings. The van der Waals surface area contributed by atoms with Crippen molar-refractivity contribution in [3.05, 3.63) is 54.1 Å². The first-order valence-electron chi connectivity index (χ1n) is 17.5. The van der Waals surface area contributed by atoms with Crippen molar-refractivity contribution in [2.24, 2.45) is 5.92 Å². The van der Waals surface area contributed by atoms with Crippen LogP contribution in [0.4, 0.5) is 10.5 Å². The molecule has 1 amide bonds. The average Bonchev–Trinajstić information content (AvgIpc) is 3.48. The van der Waals surface area contributed by atoms with Crippen molar-refractivity contribution in [3.63, 3.8) is 0 Å². The highest BCUT2D eigenvalue weighted by molar-refractivity contribution is 8.77. The molecule has 0 atom stereocenters. The maximum Gasteiger partial charge on any atom is 0.407 e. The Morgan fingerprint density at radius 3 is 2.45 bits per heavy atom. The first-order chi connectivity index (χ1) is 23.2.